The van der Waals surface area contributed by atoms with Gasteiger partial charge in [-0.2, -0.15) is 0 Å². The van der Waals surface area contributed by atoms with Crippen LogP contribution >= 0.6 is 0 Å². The molecule has 13 heavy (non-hydrogen) atoms. The molecule has 0 fully saturated rings. The van der Waals surface area contributed by atoms with Crippen molar-refractivity contribution in [2.75, 3.05) is 0 Å². The van der Waals surface area contributed by atoms with E-state index < -0.39 is 0 Å². The van der Waals surface area contributed by atoms with Crippen LogP contribution in [0.1, 0.15) is 34.8 Å². The summed E-state index contributed by atoms with van der Waals surface area (Å²) in [6.45, 7) is 5.87. The number of ketones is 1. The molecule has 0 saturated carbocycles. The van der Waals surface area contributed by atoms with Gasteiger partial charge in [-0.1, -0.05) is 30.4 Å². The van der Waals surface area contributed by atoms with Gasteiger partial charge in [-0.3, -0.25) is 4.79 Å². The van der Waals surface area contributed by atoms with E-state index in [2.05, 4.69) is 12.6 Å². The molecule has 0 atom stereocenters. The first kappa shape index (κ1) is 8.24. The van der Waals surface area contributed by atoms with Gasteiger partial charge in [0.05, 0.1) is 0 Å². The highest BCUT2D eigenvalue weighted by Gasteiger charge is 2.18. The fraction of sp³-hybridized carbons (Fsp3) is 0.250. The molecule has 1 aliphatic rings. The van der Waals surface area contributed by atoms with Gasteiger partial charge in [0.25, 0.3) is 0 Å². The lowest BCUT2D eigenvalue weighted by atomic mass is 10.0. The van der Waals surface area contributed by atoms with E-state index in [0.717, 1.165) is 23.1 Å². The Morgan fingerprint density at radius 1 is 1.38 bits per heavy atom. The topological polar surface area (TPSA) is 17.1 Å². The molecular weight excluding hydrogens is 160 g/mol. The molecule has 0 bridgehead atoms. The first-order valence-corrected chi connectivity index (χ1v) is 4.50. The lowest BCUT2D eigenvalue weighted by molar-refractivity contribution is 0.0994. The van der Waals surface area contributed by atoms with Crippen LogP contribution in [0.2, 0.25) is 0 Å². The molecule has 1 heteroatoms. The number of hydrogen-bond donors (Lipinski definition) is 0. The standard InChI is InChI=1S/C12H12O/c1-8(2)9-3-5-11-10(7-9)4-6-12(11)13/h3,5,7H,1,4,6H2,2H3. The zero-order valence-electron chi connectivity index (χ0n) is 7.76. The maximum absolute atomic E-state index is 11.3. The maximum Gasteiger partial charge on any atom is 0.163 e. The normalized spacial score (nSPS) is 14.4. The number of fused-ring (bicyclic) bond motifs is 1. The molecule has 0 radical (unpaired) electrons. The highest BCUT2D eigenvalue weighted by Crippen LogP contribution is 2.25. The Hall–Kier alpha value is -1.37. The second-order valence-corrected chi connectivity index (χ2v) is 3.58. The van der Waals surface area contributed by atoms with E-state index in [0.29, 0.717) is 6.42 Å². The monoisotopic (exact) mass is 172 g/mol. The van der Waals surface area contributed by atoms with Crippen LogP contribution in [-0.4, -0.2) is 5.78 Å². The van der Waals surface area contributed by atoms with Crippen molar-refractivity contribution in [3.8, 4) is 0 Å². The molecule has 0 aliphatic heterocycles. The van der Waals surface area contributed by atoms with Crippen molar-refractivity contribution in [2.45, 2.75) is 19.8 Å². The van der Waals surface area contributed by atoms with Gasteiger partial charge < -0.3 is 0 Å². The van der Waals surface area contributed by atoms with E-state index in [-0.39, 0.29) is 5.78 Å². The number of benzene rings is 1. The van der Waals surface area contributed by atoms with E-state index in [4.69, 9.17) is 0 Å². The lowest BCUT2D eigenvalue weighted by Gasteiger charge is -2.02. The van der Waals surface area contributed by atoms with Crippen LogP contribution in [0.5, 0.6) is 0 Å². The largest absolute Gasteiger partial charge is 0.294 e. The molecule has 0 spiro atoms. The quantitative estimate of drug-likeness (QED) is 0.636. The first-order chi connectivity index (χ1) is 6.18. The summed E-state index contributed by atoms with van der Waals surface area (Å²) in [4.78, 5) is 11.3. The minimum Gasteiger partial charge on any atom is -0.294 e. The van der Waals surface area contributed by atoms with Gasteiger partial charge in [0.15, 0.2) is 5.78 Å². The van der Waals surface area contributed by atoms with Gasteiger partial charge in [0.2, 0.25) is 0 Å². The summed E-state index contributed by atoms with van der Waals surface area (Å²) in [5, 5.41) is 0. The van der Waals surface area contributed by atoms with E-state index in [1.54, 1.807) is 0 Å². The summed E-state index contributed by atoms with van der Waals surface area (Å²) in [5.41, 5.74) is 4.30. The van der Waals surface area contributed by atoms with Crippen LogP contribution in [0.25, 0.3) is 5.57 Å². The van der Waals surface area contributed by atoms with Crippen molar-refractivity contribution in [3.05, 3.63) is 41.5 Å². The molecule has 1 aliphatic carbocycles. The molecule has 0 N–H and O–H groups in total. The number of carbonyl (C=O) groups excluding carboxylic acids is 1. The minimum absolute atomic E-state index is 0.281. The summed E-state index contributed by atoms with van der Waals surface area (Å²) in [6, 6.07) is 5.99. The van der Waals surface area contributed by atoms with Gasteiger partial charge in [0, 0.05) is 12.0 Å². The summed E-state index contributed by atoms with van der Waals surface area (Å²) in [6.07, 6.45) is 1.57. The number of hydrogen-bond acceptors (Lipinski definition) is 1. The number of rotatable bonds is 1. The number of aryl methyl sites for hydroxylation is 1. The first-order valence-electron chi connectivity index (χ1n) is 4.50. The summed E-state index contributed by atoms with van der Waals surface area (Å²) >= 11 is 0. The fourth-order valence-corrected chi connectivity index (χ4v) is 1.72. The van der Waals surface area contributed by atoms with Crippen LogP contribution in [0.3, 0.4) is 0 Å². The Bertz CT molecular complexity index is 388. The minimum atomic E-state index is 0.281. The van der Waals surface area contributed by atoms with Crippen molar-refractivity contribution in [2.24, 2.45) is 0 Å². The van der Waals surface area contributed by atoms with Crippen LogP contribution in [0, 0.1) is 0 Å². The Morgan fingerprint density at radius 3 is 2.85 bits per heavy atom. The van der Waals surface area contributed by atoms with Crippen molar-refractivity contribution >= 4 is 11.4 Å². The molecule has 0 aromatic heterocycles. The van der Waals surface area contributed by atoms with Crippen LogP contribution in [0.15, 0.2) is 24.8 Å². The third kappa shape index (κ3) is 1.31. The van der Waals surface area contributed by atoms with Gasteiger partial charge in [0.1, 0.15) is 0 Å². The highest BCUT2D eigenvalue weighted by molar-refractivity contribution is 6.00. The Balaban J connectivity index is 2.51. The van der Waals surface area contributed by atoms with Crippen molar-refractivity contribution in [1.82, 2.24) is 0 Å². The van der Waals surface area contributed by atoms with Gasteiger partial charge in [-0.15, -0.1) is 0 Å². The maximum atomic E-state index is 11.3. The van der Waals surface area contributed by atoms with E-state index in [1.807, 2.05) is 19.1 Å². The predicted molar refractivity (Wildman–Crippen MR) is 53.8 cm³/mol. The average Bonchev–Trinajstić information content (AvgIpc) is 2.47. The van der Waals surface area contributed by atoms with E-state index in [9.17, 15) is 4.79 Å². The van der Waals surface area contributed by atoms with Crippen molar-refractivity contribution in [1.29, 1.82) is 0 Å². The zero-order chi connectivity index (χ0) is 9.42. The lowest BCUT2D eigenvalue weighted by Crippen LogP contribution is -1.91. The molecule has 0 unspecified atom stereocenters. The summed E-state index contributed by atoms with van der Waals surface area (Å²) in [7, 11) is 0. The third-order valence-electron chi connectivity index (χ3n) is 2.52. The zero-order valence-corrected chi connectivity index (χ0v) is 7.76. The van der Waals surface area contributed by atoms with Crippen molar-refractivity contribution < 1.29 is 4.79 Å². The van der Waals surface area contributed by atoms with Gasteiger partial charge in [-0.05, 0) is 24.5 Å². The van der Waals surface area contributed by atoms with Gasteiger partial charge >= 0.3 is 0 Å². The molecule has 1 aromatic carbocycles. The van der Waals surface area contributed by atoms with Crippen molar-refractivity contribution in [3.63, 3.8) is 0 Å². The number of carbonyl (C=O) groups is 1. The number of Topliss-reactive ketones (excluding diaryl/α,β-unsaturated/α-hetero) is 1. The summed E-state index contributed by atoms with van der Waals surface area (Å²) < 4.78 is 0. The van der Waals surface area contributed by atoms with Crippen LogP contribution in [-0.2, 0) is 6.42 Å². The van der Waals surface area contributed by atoms with Crippen LogP contribution in [0.4, 0.5) is 0 Å². The molecule has 1 aromatic rings. The highest BCUT2D eigenvalue weighted by atomic mass is 16.1. The third-order valence-corrected chi connectivity index (χ3v) is 2.52. The Kier molecular flexibility index (Phi) is 1.80. The number of allylic oxidation sites excluding steroid dienone is 1. The Morgan fingerprint density at radius 2 is 2.15 bits per heavy atom. The van der Waals surface area contributed by atoms with E-state index in [1.165, 1.54) is 5.56 Å². The smallest absolute Gasteiger partial charge is 0.163 e. The SMILES string of the molecule is C=C(C)c1ccc2c(c1)CCC2=O. The molecule has 0 saturated heterocycles. The molecule has 0 amide bonds. The molecular formula is C12H12O. The molecule has 1 nitrogen and oxygen atoms in total. The van der Waals surface area contributed by atoms with Crippen LogP contribution < -0.4 is 0 Å². The molecule has 2 rings (SSSR count). The molecule has 0 heterocycles. The van der Waals surface area contributed by atoms with E-state index >= 15 is 0 Å². The Labute approximate surface area is 78.1 Å². The predicted octanol–water partition coefficient (Wildman–Crippen LogP) is 2.85. The fourth-order valence-electron chi connectivity index (χ4n) is 1.72. The second-order valence-electron chi connectivity index (χ2n) is 3.58. The average molecular weight is 172 g/mol. The van der Waals surface area contributed by atoms with Gasteiger partial charge in [-0.25, -0.2) is 0 Å². The molecule has 66 valence electrons. The summed E-state index contributed by atoms with van der Waals surface area (Å²) in [5.74, 6) is 0.281. The second kappa shape index (κ2) is 2.84.